The first kappa shape index (κ1) is 23.7. The van der Waals surface area contributed by atoms with Crippen molar-refractivity contribution in [1.82, 2.24) is 4.90 Å². The highest BCUT2D eigenvalue weighted by Crippen LogP contribution is 2.36. The molecule has 0 aromatic heterocycles. The van der Waals surface area contributed by atoms with Crippen LogP contribution in [0.3, 0.4) is 0 Å². The summed E-state index contributed by atoms with van der Waals surface area (Å²) in [5, 5.41) is 9.21. The number of aliphatic hydroxyl groups excluding tert-OH is 1. The summed E-state index contributed by atoms with van der Waals surface area (Å²) in [6.45, 7) is 6.72. The average molecular weight is 418 g/mol. The molecular formula is C24H35NO3S. The number of hydrogen-bond donors (Lipinski definition) is 1. The number of amides is 2. The number of nitrogens with zero attached hydrogens (tertiary/aromatic N) is 1. The molecule has 1 heterocycles. The summed E-state index contributed by atoms with van der Waals surface area (Å²) in [4.78, 5) is 27.9. The highest BCUT2D eigenvalue weighted by Gasteiger charge is 2.38. The number of unbranched alkanes of at least 4 members (excludes halogenated alkanes) is 7. The molecule has 0 atom stereocenters. The second kappa shape index (κ2) is 12.2. The summed E-state index contributed by atoms with van der Waals surface area (Å²) in [5.74, 6) is 0.0140. The number of aliphatic hydroxyl groups is 1. The van der Waals surface area contributed by atoms with Gasteiger partial charge in [-0.2, -0.15) is 0 Å². The standard InChI is InChI=1S/C24H35NO3S/c1-4-5-6-7-8-9-10-11-14-25-23(27)21(22(24(25)28)29-16-15-26)20-13-12-18(2)19(3)17-20/h12-13,17,26H,4-11,14-16H2,1-3H3. The zero-order chi connectivity index (χ0) is 21.2. The second-order valence-corrected chi connectivity index (χ2v) is 8.92. The lowest BCUT2D eigenvalue weighted by Gasteiger charge is -2.15. The number of thioether (sulfide) groups is 1. The molecule has 29 heavy (non-hydrogen) atoms. The van der Waals surface area contributed by atoms with Crippen molar-refractivity contribution in [2.24, 2.45) is 0 Å². The molecule has 0 fully saturated rings. The van der Waals surface area contributed by atoms with E-state index in [1.165, 1.54) is 48.8 Å². The third-order valence-corrected chi connectivity index (χ3v) is 6.55. The fraction of sp³-hybridized carbons (Fsp3) is 0.583. The largest absolute Gasteiger partial charge is 0.396 e. The van der Waals surface area contributed by atoms with Crippen molar-refractivity contribution in [3.05, 3.63) is 39.8 Å². The molecule has 0 radical (unpaired) electrons. The summed E-state index contributed by atoms with van der Waals surface area (Å²) in [5.41, 5.74) is 3.55. The van der Waals surface area contributed by atoms with Crippen molar-refractivity contribution in [1.29, 1.82) is 0 Å². The van der Waals surface area contributed by atoms with Gasteiger partial charge in [-0.3, -0.25) is 14.5 Å². The lowest BCUT2D eigenvalue weighted by Crippen LogP contribution is -2.32. The predicted molar refractivity (Wildman–Crippen MR) is 122 cm³/mol. The van der Waals surface area contributed by atoms with E-state index in [1.54, 1.807) is 0 Å². The third-order valence-electron chi connectivity index (χ3n) is 5.49. The van der Waals surface area contributed by atoms with E-state index in [-0.39, 0.29) is 18.4 Å². The van der Waals surface area contributed by atoms with Crippen molar-refractivity contribution in [2.75, 3.05) is 18.9 Å². The van der Waals surface area contributed by atoms with Crippen molar-refractivity contribution < 1.29 is 14.7 Å². The van der Waals surface area contributed by atoms with Gasteiger partial charge in [0.25, 0.3) is 11.8 Å². The molecular weight excluding hydrogens is 382 g/mol. The van der Waals surface area contributed by atoms with Gasteiger partial charge >= 0.3 is 0 Å². The first-order chi connectivity index (χ1) is 14.0. The smallest absolute Gasteiger partial charge is 0.267 e. The summed E-state index contributed by atoms with van der Waals surface area (Å²) in [7, 11) is 0. The molecule has 160 valence electrons. The molecule has 0 saturated carbocycles. The molecule has 0 bridgehead atoms. The van der Waals surface area contributed by atoms with Gasteiger partial charge in [-0.1, -0.05) is 70.1 Å². The number of benzene rings is 1. The molecule has 5 heteroatoms. The van der Waals surface area contributed by atoms with Gasteiger partial charge < -0.3 is 5.11 Å². The van der Waals surface area contributed by atoms with Gasteiger partial charge in [-0.05, 0) is 37.0 Å². The molecule has 1 aromatic carbocycles. The maximum absolute atomic E-state index is 13.1. The molecule has 4 nitrogen and oxygen atoms in total. The minimum absolute atomic E-state index is 0.0200. The molecule has 1 N–H and O–H groups in total. The van der Waals surface area contributed by atoms with Gasteiger partial charge in [0.1, 0.15) is 0 Å². The average Bonchev–Trinajstić information content (AvgIpc) is 2.94. The topological polar surface area (TPSA) is 57.6 Å². The second-order valence-electron chi connectivity index (χ2n) is 7.81. The monoisotopic (exact) mass is 417 g/mol. The quantitative estimate of drug-likeness (QED) is 0.352. The minimum Gasteiger partial charge on any atom is -0.396 e. The number of rotatable bonds is 13. The van der Waals surface area contributed by atoms with Crippen LogP contribution in [-0.2, 0) is 9.59 Å². The Bertz CT molecular complexity index is 742. The Kier molecular flexibility index (Phi) is 9.95. The number of carbonyl (C=O) groups excluding carboxylic acids is 2. The maximum atomic E-state index is 13.1. The molecule has 1 aliphatic rings. The Labute approximate surface area is 179 Å². The van der Waals surface area contributed by atoms with Crippen LogP contribution in [0.4, 0.5) is 0 Å². The van der Waals surface area contributed by atoms with Crippen LogP contribution in [0, 0.1) is 13.8 Å². The fourth-order valence-electron chi connectivity index (χ4n) is 3.59. The number of imide groups is 1. The number of aryl methyl sites for hydroxylation is 2. The lowest BCUT2D eigenvalue weighted by atomic mass is 10.0. The van der Waals surface area contributed by atoms with E-state index in [0.717, 1.165) is 36.0 Å². The molecule has 2 amide bonds. The summed E-state index contributed by atoms with van der Waals surface area (Å²) < 4.78 is 0. The van der Waals surface area contributed by atoms with E-state index in [0.29, 0.717) is 22.8 Å². The molecule has 2 rings (SSSR count). The van der Waals surface area contributed by atoms with Crippen LogP contribution in [-0.4, -0.2) is 40.7 Å². The normalized spacial score (nSPS) is 14.4. The van der Waals surface area contributed by atoms with Crippen LogP contribution >= 0.6 is 11.8 Å². The highest BCUT2D eigenvalue weighted by atomic mass is 32.2. The van der Waals surface area contributed by atoms with Gasteiger partial charge in [0.05, 0.1) is 17.1 Å². The van der Waals surface area contributed by atoms with E-state index in [9.17, 15) is 14.7 Å². The first-order valence-electron chi connectivity index (χ1n) is 10.9. The van der Waals surface area contributed by atoms with Crippen LogP contribution in [0.2, 0.25) is 0 Å². The molecule has 0 unspecified atom stereocenters. The van der Waals surface area contributed by atoms with Gasteiger partial charge in [0.15, 0.2) is 0 Å². The first-order valence-corrected chi connectivity index (χ1v) is 11.9. The Morgan fingerprint density at radius 3 is 2.17 bits per heavy atom. The zero-order valence-electron chi connectivity index (χ0n) is 18.1. The Morgan fingerprint density at radius 1 is 0.897 bits per heavy atom. The van der Waals surface area contributed by atoms with E-state index in [4.69, 9.17) is 0 Å². The van der Waals surface area contributed by atoms with Gasteiger partial charge in [-0.15, -0.1) is 11.8 Å². The van der Waals surface area contributed by atoms with Gasteiger partial charge in [-0.25, -0.2) is 0 Å². The van der Waals surface area contributed by atoms with E-state index < -0.39 is 0 Å². The van der Waals surface area contributed by atoms with Crippen LogP contribution in [0.1, 0.15) is 75.0 Å². The van der Waals surface area contributed by atoms with Gasteiger partial charge in [0.2, 0.25) is 0 Å². The van der Waals surface area contributed by atoms with Crippen LogP contribution < -0.4 is 0 Å². The van der Waals surface area contributed by atoms with Crippen molar-refractivity contribution in [2.45, 2.75) is 72.1 Å². The lowest BCUT2D eigenvalue weighted by molar-refractivity contribution is -0.136. The third kappa shape index (κ3) is 6.45. The van der Waals surface area contributed by atoms with Crippen molar-refractivity contribution >= 4 is 29.1 Å². The van der Waals surface area contributed by atoms with Crippen molar-refractivity contribution in [3.63, 3.8) is 0 Å². The summed E-state index contributed by atoms with van der Waals surface area (Å²) in [6, 6.07) is 5.89. The predicted octanol–water partition coefficient (Wildman–Crippen LogP) is 5.25. The molecule has 0 spiro atoms. The summed E-state index contributed by atoms with van der Waals surface area (Å²) >= 11 is 1.29. The van der Waals surface area contributed by atoms with Crippen LogP contribution in [0.25, 0.3) is 5.57 Å². The minimum atomic E-state index is -0.204. The van der Waals surface area contributed by atoms with Gasteiger partial charge in [0, 0.05) is 12.3 Å². The van der Waals surface area contributed by atoms with E-state index in [2.05, 4.69) is 6.92 Å². The van der Waals surface area contributed by atoms with E-state index in [1.807, 2.05) is 32.0 Å². The molecule has 0 saturated heterocycles. The summed E-state index contributed by atoms with van der Waals surface area (Å²) in [6.07, 6.45) is 9.41. The Hall–Kier alpha value is -1.59. The van der Waals surface area contributed by atoms with Crippen molar-refractivity contribution in [3.8, 4) is 0 Å². The molecule has 1 aromatic rings. The zero-order valence-corrected chi connectivity index (χ0v) is 18.9. The number of hydrogen-bond acceptors (Lipinski definition) is 4. The SMILES string of the molecule is CCCCCCCCCCN1C(=O)C(SCCO)=C(c2ccc(C)c(C)c2)C1=O. The van der Waals surface area contributed by atoms with Crippen LogP contribution in [0.15, 0.2) is 23.1 Å². The highest BCUT2D eigenvalue weighted by molar-refractivity contribution is 8.04. The molecule has 0 aliphatic carbocycles. The Morgan fingerprint density at radius 2 is 1.55 bits per heavy atom. The maximum Gasteiger partial charge on any atom is 0.267 e. The fourth-order valence-corrected chi connectivity index (χ4v) is 4.47. The Balaban J connectivity index is 2.02. The number of carbonyl (C=O) groups is 2. The molecule has 1 aliphatic heterocycles. The van der Waals surface area contributed by atoms with Crippen LogP contribution in [0.5, 0.6) is 0 Å². The van der Waals surface area contributed by atoms with E-state index >= 15 is 0 Å².